The van der Waals surface area contributed by atoms with Crippen LogP contribution in [-0.4, -0.2) is 11.2 Å². The van der Waals surface area contributed by atoms with Gasteiger partial charge < -0.3 is 5.11 Å². The number of hydrogen-bond donors (Lipinski definition) is 1. The van der Waals surface area contributed by atoms with Gasteiger partial charge in [0.2, 0.25) is 0 Å². The van der Waals surface area contributed by atoms with E-state index in [-0.39, 0.29) is 12.0 Å². The van der Waals surface area contributed by atoms with Crippen LogP contribution in [0.2, 0.25) is 0 Å². The number of hydrogen-bond acceptors (Lipinski definition) is 1. The standard InChI is InChI=1S/C13H24O/c1-5-7-8-9-10-12(6-2)13(14)11(3)4/h11,13-14H,2,5,7-10H2,1,3-4H3. The summed E-state index contributed by atoms with van der Waals surface area (Å²) in [6.07, 6.45) is 5.52. The van der Waals surface area contributed by atoms with Gasteiger partial charge in [0.25, 0.3) is 0 Å². The Bertz CT molecular complexity index is 187. The zero-order valence-electron chi connectivity index (χ0n) is 9.84. The van der Waals surface area contributed by atoms with Crippen LogP contribution < -0.4 is 0 Å². The molecule has 1 atom stereocenters. The first-order chi connectivity index (χ1) is 6.63. The van der Waals surface area contributed by atoms with Crippen molar-refractivity contribution in [1.29, 1.82) is 0 Å². The molecule has 1 heteroatoms. The molecule has 82 valence electrons. The fourth-order valence-corrected chi connectivity index (χ4v) is 1.49. The molecular formula is C13H24O. The van der Waals surface area contributed by atoms with Crippen molar-refractivity contribution in [2.24, 2.45) is 5.92 Å². The first kappa shape index (κ1) is 13.5. The maximum Gasteiger partial charge on any atom is 0.0846 e. The van der Waals surface area contributed by atoms with Crippen LogP contribution in [0.3, 0.4) is 0 Å². The number of aliphatic hydroxyl groups is 1. The quantitative estimate of drug-likeness (QED) is 0.486. The van der Waals surface area contributed by atoms with Crippen molar-refractivity contribution in [2.75, 3.05) is 0 Å². The van der Waals surface area contributed by atoms with Crippen LogP contribution in [0.25, 0.3) is 0 Å². The maximum atomic E-state index is 9.80. The maximum absolute atomic E-state index is 9.80. The Balaban J connectivity index is 3.87. The lowest BCUT2D eigenvalue weighted by Gasteiger charge is -2.16. The number of aliphatic hydroxyl groups excluding tert-OH is 1. The van der Waals surface area contributed by atoms with Gasteiger partial charge in [-0.3, -0.25) is 0 Å². The molecule has 0 aromatic carbocycles. The topological polar surface area (TPSA) is 20.2 Å². The van der Waals surface area contributed by atoms with E-state index < -0.39 is 0 Å². The van der Waals surface area contributed by atoms with Gasteiger partial charge in [-0.25, -0.2) is 0 Å². The molecule has 0 aliphatic heterocycles. The van der Waals surface area contributed by atoms with Crippen molar-refractivity contribution >= 4 is 0 Å². The Labute approximate surface area is 88.5 Å². The minimum Gasteiger partial charge on any atom is -0.388 e. The molecule has 1 N–H and O–H groups in total. The first-order valence-electron chi connectivity index (χ1n) is 5.70. The summed E-state index contributed by atoms with van der Waals surface area (Å²) in [5.74, 6) is 0.269. The molecule has 0 bridgehead atoms. The van der Waals surface area contributed by atoms with Gasteiger partial charge in [0.15, 0.2) is 0 Å². The van der Waals surface area contributed by atoms with E-state index in [0.717, 1.165) is 18.4 Å². The Kier molecular flexibility index (Phi) is 7.55. The second kappa shape index (κ2) is 7.84. The van der Waals surface area contributed by atoms with E-state index in [2.05, 4.69) is 19.2 Å². The van der Waals surface area contributed by atoms with Gasteiger partial charge in [-0.1, -0.05) is 46.6 Å². The number of unbranched alkanes of at least 4 members (excludes halogenated alkanes) is 3. The third-order valence-electron chi connectivity index (χ3n) is 2.52. The van der Waals surface area contributed by atoms with Gasteiger partial charge in [-0.15, -0.1) is 5.73 Å². The van der Waals surface area contributed by atoms with Crippen LogP contribution >= 0.6 is 0 Å². The second-order valence-corrected chi connectivity index (χ2v) is 4.20. The van der Waals surface area contributed by atoms with Crippen molar-refractivity contribution < 1.29 is 5.11 Å². The summed E-state index contributed by atoms with van der Waals surface area (Å²) < 4.78 is 0. The molecule has 0 aromatic heterocycles. The summed E-state index contributed by atoms with van der Waals surface area (Å²) in [5.41, 5.74) is 3.86. The largest absolute Gasteiger partial charge is 0.388 e. The van der Waals surface area contributed by atoms with E-state index in [9.17, 15) is 5.11 Å². The highest BCUT2D eigenvalue weighted by molar-refractivity contribution is 5.06. The summed E-state index contributed by atoms with van der Waals surface area (Å²) in [7, 11) is 0. The Hall–Kier alpha value is -0.520. The molecule has 1 nitrogen and oxygen atoms in total. The first-order valence-corrected chi connectivity index (χ1v) is 5.70. The molecule has 0 amide bonds. The molecule has 0 fully saturated rings. The lowest BCUT2D eigenvalue weighted by atomic mass is 9.95. The highest BCUT2D eigenvalue weighted by Crippen LogP contribution is 2.17. The number of rotatable bonds is 7. The molecule has 0 rings (SSSR count). The predicted molar refractivity (Wildman–Crippen MR) is 62.3 cm³/mol. The van der Waals surface area contributed by atoms with E-state index >= 15 is 0 Å². The molecule has 0 aliphatic rings. The van der Waals surface area contributed by atoms with Crippen LogP contribution in [0.4, 0.5) is 0 Å². The van der Waals surface area contributed by atoms with E-state index in [1.165, 1.54) is 19.3 Å². The van der Waals surface area contributed by atoms with E-state index in [0.29, 0.717) is 0 Å². The normalized spacial score (nSPS) is 12.6. The minimum absolute atomic E-state index is 0.269. The van der Waals surface area contributed by atoms with E-state index in [1.54, 1.807) is 0 Å². The minimum atomic E-state index is -0.353. The Morgan fingerprint density at radius 1 is 1.29 bits per heavy atom. The van der Waals surface area contributed by atoms with Crippen LogP contribution in [0.5, 0.6) is 0 Å². The second-order valence-electron chi connectivity index (χ2n) is 4.20. The van der Waals surface area contributed by atoms with Crippen molar-refractivity contribution in [3.05, 3.63) is 17.9 Å². The van der Waals surface area contributed by atoms with E-state index in [4.69, 9.17) is 0 Å². The van der Waals surface area contributed by atoms with Crippen LogP contribution in [0, 0.1) is 5.92 Å². The lowest BCUT2D eigenvalue weighted by Crippen LogP contribution is -2.17. The molecule has 0 aromatic rings. The highest BCUT2D eigenvalue weighted by Gasteiger charge is 2.13. The molecule has 0 heterocycles. The summed E-state index contributed by atoms with van der Waals surface area (Å²) in [4.78, 5) is 0. The van der Waals surface area contributed by atoms with Gasteiger partial charge in [-0.05, 0) is 24.3 Å². The van der Waals surface area contributed by atoms with Crippen LogP contribution in [-0.2, 0) is 0 Å². The Morgan fingerprint density at radius 2 is 1.93 bits per heavy atom. The SMILES string of the molecule is C=C=C(CCCCCC)C(O)C(C)C. The molecular weight excluding hydrogens is 172 g/mol. The summed E-state index contributed by atoms with van der Waals surface area (Å²) >= 11 is 0. The fourth-order valence-electron chi connectivity index (χ4n) is 1.49. The molecule has 0 spiro atoms. The average molecular weight is 196 g/mol. The van der Waals surface area contributed by atoms with E-state index in [1.807, 2.05) is 13.8 Å². The molecule has 0 radical (unpaired) electrons. The lowest BCUT2D eigenvalue weighted by molar-refractivity contribution is 0.156. The molecule has 0 aliphatic carbocycles. The van der Waals surface area contributed by atoms with Crippen molar-refractivity contribution in [3.8, 4) is 0 Å². The molecule has 1 unspecified atom stereocenters. The van der Waals surface area contributed by atoms with Gasteiger partial charge >= 0.3 is 0 Å². The monoisotopic (exact) mass is 196 g/mol. The summed E-state index contributed by atoms with van der Waals surface area (Å²) in [6, 6.07) is 0. The zero-order chi connectivity index (χ0) is 11.0. The van der Waals surface area contributed by atoms with Gasteiger partial charge in [-0.2, -0.15) is 0 Å². The van der Waals surface area contributed by atoms with Crippen molar-refractivity contribution in [3.63, 3.8) is 0 Å². The summed E-state index contributed by atoms with van der Waals surface area (Å²) in [6.45, 7) is 9.89. The highest BCUT2D eigenvalue weighted by atomic mass is 16.3. The third-order valence-corrected chi connectivity index (χ3v) is 2.52. The van der Waals surface area contributed by atoms with Crippen LogP contribution in [0.1, 0.15) is 52.9 Å². The van der Waals surface area contributed by atoms with Gasteiger partial charge in [0, 0.05) is 0 Å². The fraction of sp³-hybridized carbons (Fsp3) is 0.769. The van der Waals surface area contributed by atoms with Crippen LogP contribution in [0.15, 0.2) is 17.9 Å². The van der Waals surface area contributed by atoms with Crippen molar-refractivity contribution in [1.82, 2.24) is 0 Å². The predicted octanol–water partition coefficient (Wildman–Crippen LogP) is 3.69. The van der Waals surface area contributed by atoms with Crippen molar-refractivity contribution in [2.45, 2.75) is 59.0 Å². The zero-order valence-corrected chi connectivity index (χ0v) is 9.84. The van der Waals surface area contributed by atoms with Gasteiger partial charge in [0.05, 0.1) is 6.10 Å². The Morgan fingerprint density at radius 3 is 2.36 bits per heavy atom. The van der Waals surface area contributed by atoms with Gasteiger partial charge in [0.1, 0.15) is 0 Å². The summed E-state index contributed by atoms with van der Waals surface area (Å²) in [5, 5.41) is 9.80. The molecule has 0 saturated heterocycles. The average Bonchev–Trinajstić information content (AvgIpc) is 2.17. The third kappa shape index (κ3) is 5.26. The molecule has 0 saturated carbocycles. The smallest absolute Gasteiger partial charge is 0.0846 e. The molecule has 14 heavy (non-hydrogen) atoms.